The molecule has 11 heteroatoms. The van der Waals surface area contributed by atoms with Gasteiger partial charge >= 0.3 is 12.1 Å². The van der Waals surface area contributed by atoms with E-state index in [1.165, 1.54) is 26.0 Å². The molecule has 37 heavy (non-hydrogen) atoms. The fraction of sp³-hybridized carbons (Fsp3) is 0.462. The van der Waals surface area contributed by atoms with E-state index in [0.29, 0.717) is 49.1 Å². The van der Waals surface area contributed by atoms with Gasteiger partial charge in [0.2, 0.25) is 5.91 Å². The van der Waals surface area contributed by atoms with E-state index in [0.717, 1.165) is 11.3 Å². The maximum absolute atomic E-state index is 12.9. The monoisotopic (exact) mass is 528 g/mol. The van der Waals surface area contributed by atoms with Crippen molar-refractivity contribution in [2.75, 3.05) is 56.0 Å². The van der Waals surface area contributed by atoms with Gasteiger partial charge in [-0.05, 0) is 45.0 Å². The molecule has 10 nitrogen and oxygen atoms in total. The zero-order valence-corrected chi connectivity index (χ0v) is 22.5. The highest BCUT2D eigenvalue weighted by molar-refractivity contribution is 8.00. The maximum atomic E-state index is 12.9. The predicted octanol–water partition coefficient (Wildman–Crippen LogP) is 3.71. The Kier molecular flexibility index (Phi) is 7.82. The number of thioether (sulfide) groups is 1. The van der Waals surface area contributed by atoms with Crippen LogP contribution in [-0.2, 0) is 14.3 Å². The molecule has 0 aliphatic carbocycles. The maximum Gasteiger partial charge on any atom is 0.410 e. The van der Waals surface area contributed by atoms with Gasteiger partial charge in [-0.15, -0.1) is 11.8 Å². The van der Waals surface area contributed by atoms with Gasteiger partial charge in [-0.25, -0.2) is 14.6 Å². The summed E-state index contributed by atoms with van der Waals surface area (Å²) in [6.45, 7) is 8.00. The Hall–Kier alpha value is -3.47. The van der Waals surface area contributed by atoms with Crippen LogP contribution in [-0.4, -0.2) is 79.6 Å². The number of nitrogens with zero attached hydrogens (tertiary/aromatic N) is 4. The van der Waals surface area contributed by atoms with Crippen molar-refractivity contribution in [3.05, 3.63) is 47.7 Å². The van der Waals surface area contributed by atoms with Crippen molar-refractivity contribution in [1.29, 1.82) is 0 Å². The second-order valence-electron chi connectivity index (χ2n) is 9.70. The van der Waals surface area contributed by atoms with E-state index in [-0.39, 0.29) is 17.4 Å². The molecule has 0 bridgehead atoms. The van der Waals surface area contributed by atoms with Crippen LogP contribution in [0.15, 0.2) is 36.5 Å². The number of hydrogen-bond donors (Lipinski definition) is 0. The molecule has 3 heterocycles. The van der Waals surface area contributed by atoms with Crippen molar-refractivity contribution >= 4 is 41.2 Å². The second kappa shape index (κ2) is 10.9. The van der Waals surface area contributed by atoms with Gasteiger partial charge in [-0.1, -0.05) is 6.07 Å². The summed E-state index contributed by atoms with van der Waals surface area (Å²) in [7, 11) is 2.85. The SMILES string of the molecule is COC(=O)c1ccc(C2SCC(=O)N2c2ccc(N3CCN(C(=O)OC(C)(C)C)CC3)cn2)c(OC)c1. The summed E-state index contributed by atoms with van der Waals surface area (Å²) >= 11 is 1.48. The molecule has 1 unspecified atom stereocenters. The number of rotatable bonds is 5. The summed E-state index contributed by atoms with van der Waals surface area (Å²) in [4.78, 5) is 47.3. The number of carbonyl (C=O) groups excluding carboxylic acids is 3. The van der Waals surface area contributed by atoms with Gasteiger partial charge in [0.05, 0.1) is 37.4 Å². The molecule has 1 aromatic carbocycles. The van der Waals surface area contributed by atoms with Crippen molar-refractivity contribution < 1.29 is 28.6 Å². The Bertz CT molecular complexity index is 1160. The Morgan fingerprint density at radius 1 is 1.05 bits per heavy atom. The Labute approximate surface area is 220 Å². The minimum atomic E-state index is -0.523. The summed E-state index contributed by atoms with van der Waals surface area (Å²) in [6.07, 6.45) is 1.45. The van der Waals surface area contributed by atoms with E-state index in [4.69, 9.17) is 14.2 Å². The highest BCUT2D eigenvalue weighted by Gasteiger charge is 2.37. The highest BCUT2D eigenvalue weighted by atomic mass is 32.2. The number of esters is 1. The molecule has 4 rings (SSSR count). The number of hydrogen-bond acceptors (Lipinski definition) is 9. The largest absolute Gasteiger partial charge is 0.496 e. The van der Waals surface area contributed by atoms with Crippen LogP contribution < -0.4 is 14.5 Å². The summed E-state index contributed by atoms with van der Waals surface area (Å²) < 4.78 is 15.8. The molecule has 2 aromatic rings. The molecule has 2 aliphatic heterocycles. The molecule has 0 saturated carbocycles. The lowest BCUT2D eigenvalue weighted by Crippen LogP contribution is -2.50. The molecule has 2 fully saturated rings. The lowest BCUT2D eigenvalue weighted by atomic mass is 10.1. The third-order valence-electron chi connectivity index (χ3n) is 6.06. The molecule has 1 atom stereocenters. The molecular formula is C26H32N4O6S. The average molecular weight is 529 g/mol. The minimum Gasteiger partial charge on any atom is -0.496 e. The summed E-state index contributed by atoms with van der Waals surface area (Å²) in [5.41, 5.74) is 1.54. The van der Waals surface area contributed by atoms with Gasteiger partial charge in [0, 0.05) is 31.7 Å². The van der Waals surface area contributed by atoms with E-state index in [1.807, 2.05) is 32.9 Å². The first kappa shape index (κ1) is 26.6. The van der Waals surface area contributed by atoms with Gasteiger partial charge in [0.25, 0.3) is 0 Å². The van der Waals surface area contributed by atoms with E-state index < -0.39 is 11.6 Å². The van der Waals surface area contributed by atoms with Crippen LogP contribution >= 0.6 is 11.8 Å². The number of amides is 2. The molecule has 198 valence electrons. The van der Waals surface area contributed by atoms with E-state index in [2.05, 4.69) is 9.88 Å². The van der Waals surface area contributed by atoms with Crippen LogP contribution in [0.5, 0.6) is 5.75 Å². The van der Waals surface area contributed by atoms with E-state index in [9.17, 15) is 14.4 Å². The molecule has 1 aromatic heterocycles. The lowest BCUT2D eigenvalue weighted by molar-refractivity contribution is -0.115. The number of carbonyl (C=O) groups is 3. The molecule has 0 spiro atoms. The molecule has 0 N–H and O–H groups in total. The van der Waals surface area contributed by atoms with Crippen molar-refractivity contribution in [1.82, 2.24) is 9.88 Å². The first-order valence-corrected chi connectivity index (χ1v) is 13.0. The summed E-state index contributed by atoms with van der Waals surface area (Å²) in [5.74, 6) is 0.832. The number of anilines is 2. The quantitative estimate of drug-likeness (QED) is 0.538. The average Bonchev–Trinajstić information content (AvgIpc) is 3.28. The zero-order valence-electron chi connectivity index (χ0n) is 21.7. The summed E-state index contributed by atoms with van der Waals surface area (Å²) in [6, 6.07) is 8.85. The fourth-order valence-corrected chi connectivity index (χ4v) is 5.43. The normalized spacial score (nSPS) is 18.1. The van der Waals surface area contributed by atoms with Gasteiger partial charge in [-0.2, -0.15) is 0 Å². The smallest absolute Gasteiger partial charge is 0.410 e. The van der Waals surface area contributed by atoms with Crippen molar-refractivity contribution in [3.8, 4) is 5.75 Å². The lowest BCUT2D eigenvalue weighted by Gasteiger charge is -2.36. The first-order valence-electron chi connectivity index (χ1n) is 12.0. The Morgan fingerprint density at radius 3 is 2.38 bits per heavy atom. The van der Waals surface area contributed by atoms with Crippen LogP contribution in [0.4, 0.5) is 16.3 Å². The van der Waals surface area contributed by atoms with E-state index in [1.54, 1.807) is 34.2 Å². The van der Waals surface area contributed by atoms with Crippen molar-refractivity contribution in [2.45, 2.75) is 31.7 Å². The van der Waals surface area contributed by atoms with Crippen LogP contribution in [0, 0.1) is 0 Å². The topological polar surface area (TPSA) is 102 Å². The first-order chi connectivity index (χ1) is 17.6. The number of ether oxygens (including phenoxy) is 3. The third-order valence-corrected chi connectivity index (χ3v) is 7.26. The van der Waals surface area contributed by atoms with Gasteiger partial charge < -0.3 is 24.0 Å². The number of pyridine rings is 1. The molecule has 2 amide bonds. The number of benzene rings is 1. The molecule has 2 aliphatic rings. The second-order valence-corrected chi connectivity index (χ2v) is 10.8. The number of piperazine rings is 1. The van der Waals surface area contributed by atoms with Crippen molar-refractivity contribution in [3.63, 3.8) is 0 Å². The van der Waals surface area contributed by atoms with Crippen LogP contribution in [0.1, 0.15) is 42.1 Å². The van der Waals surface area contributed by atoms with Crippen LogP contribution in [0.3, 0.4) is 0 Å². The van der Waals surface area contributed by atoms with Gasteiger partial charge in [-0.3, -0.25) is 9.69 Å². The Balaban J connectivity index is 1.47. The van der Waals surface area contributed by atoms with Crippen molar-refractivity contribution in [2.24, 2.45) is 0 Å². The standard InChI is InChI=1S/C26H32N4O6S/c1-26(2,3)36-25(33)29-12-10-28(11-13-29)18-7-9-21(27-15-18)30-22(31)16-37-23(30)19-8-6-17(24(32)35-5)14-20(19)34-4/h6-9,14-15,23H,10-13,16H2,1-5H3. The van der Waals surface area contributed by atoms with Gasteiger partial charge in [0.15, 0.2) is 0 Å². The molecular weight excluding hydrogens is 496 g/mol. The minimum absolute atomic E-state index is 0.0553. The molecule has 0 radical (unpaired) electrons. The van der Waals surface area contributed by atoms with Crippen LogP contribution in [0.2, 0.25) is 0 Å². The number of aromatic nitrogens is 1. The number of methoxy groups -OCH3 is 2. The highest BCUT2D eigenvalue weighted by Crippen LogP contribution is 2.44. The predicted molar refractivity (Wildman–Crippen MR) is 141 cm³/mol. The third kappa shape index (κ3) is 5.93. The Morgan fingerprint density at radius 2 is 1.78 bits per heavy atom. The zero-order chi connectivity index (χ0) is 26.7. The van der Waals surface area contributed by atoms with Crippen LogP contribution in [0.25, 0.3) is 0 Å². The summed E-state index contributed by atoms with van der Waals surface area (Å²) in [5, 5.41) is -0.343. The van der Waals surface area contributed by atoms with Gasteiger partial charge in [0.1, 0.15) is 22.5 Å². The van der Waals surface area contributed by atoms with E-state index >= 15 is 0 Å². The fourth-order valence-electron chi connectivity index (χ4n) is 4.24. The molecule has 2 saturated heterocycles.